The Labute approximate surface area is 103 Å². The SMILES string of the molecule is Nc1[nH]cnc(=S)c1NC(=O)c1ccccc1. The van der Waals surface area contributed by atoms with Crippen LogP contribution in [-0.2, 0) is 0 Å². The fraction of sp³-hybridized carbons (Fsp3) is 0. The number of aromatic nitrogens is 2. The molecular weight excluding hydrogens is 236 g/mol. The first-order chi connectivity index (χ1) is 8.18. The van der Waals surface area contributed by atoms with Crippen molar-refractivity contribution in [2.45, 2.75) is 0 Å². The van der Waals surface area contributed by atoms with E-state index in [0.29, 0.717) is 11.3 Å². The number of aromatic amines is 1. The van der Waals surface area contributed by atoms with Crippen molar-refractivity contribution >= 4 is 29.6 Å². The van der Waals surface area contributed by atoms with Gasteiger partial charge in [-0.1, -0.05) is 30.4 Å². The van der Waals surface area contributed by atoms with Crippen LogP contribution in [0.5, 0.6) is 0 Å². The number of H-pyrrole nitrogens is 1. The smallest absolute Gasteiger partial charge is 0.255 e. The molecule has 0 bridgehead atoms. The summed E-state index contributed by atoms with van der Waals surface area (Å²) in [5, 5.41) is 2.63. The highest BCUT2D eigenvalue weighted by atomic mass is 32.1. The number of rotatable bonds is 2. The number of anilines is 2. The van der Waals surface area contributed by atoms with Gasteiger partial charge in [-0.15, -0.1) is 0 Å². The first-order valence-electron chi connectivity index (χ1n) is 4.88. The molecule has 0 saturated heterocycles. The summed E-state index contributed by atoms with van der Waals surface area (Å²) in [4.78, 5) is 18.4. The molecule has 2 rings (SSSR count). The molecule has 4 N–H and O–H groups in total. The molecule has 0 spiro atoms. The van der Waals surface area contributed by atoms with Crippen molar-refractivity contribution in [2.75, 3.05) is 11.1 Å². The average Bonchev–Trinajstić information content (AvgIpc) is 2.35. The number of nitrogens with zero attached hydrogens (tertiary/aromatic N) is 1. The Bertz CT molecular complexity index is 594. The van der Waals surface area contributed by atoms with Gasteiger partial charge < -0.3 is 16.0 Å². The number of nitrogens with two attached hydrogens (primary N) is 1. The van der Waals surface area contributed by atoms with E-state index in [2.05, 4.69) is 15.3 Å². The fourth-order valence-corrected chi connectivity index (χ4v) is 1.52. The van der Waals surface area contributed by atoms with Gasteiger partial charge in [0.05, 0.1) is 6.33 Å². The number of hydrogen-bond donors (Lipinski definition) is 3. The van der Waals surface area contributed by atoms with Crippen LogP contribution >= 0.6 is 12.2 Å². The minimum Gasteiger partial charge on any atom is -0.383 e. The first-order valence-corrected chi connectivity index (χ1v) is 5.29. The van der Waals surface area contributed by atoms with Crippen molar-refractivity contribution in [3.05, 3.63) is 46.9 Å². The molecule has 0 fully saturated rings. The van der Waals surface area contributed by atoms with E-state index in [4.69, 9.17) is 18.0 Å². The minimum absolute atomic E-state index is 0.255. The van der Waals surface area contributed by atoms with E-state index in [-0.39, 0.29) is 16.4 Å². The van der Waals surface area contributed by atoms with Crippen molar-refractivity contribution < 1.29 is 4.79 Å². The maximum atomic E-state index is 11.9. The van der Waals surface area contributed by atoms with E-state index >= 15 is 0 Å². The molecule has 0 saturated carbocycles. The highest BCUT2D eigenvalue weighted by Gasteiger charge is 2.09. The van der Waals surface area contributed by atoms with E-state index in [1.54, 1.807) is 24.3 Å². The summed E-state index contributed by atoms with van der Waals surface area (Å²) in [6.45, 7) is 0. The summed E-state index contributed by atoms with van der Waals surface area (Å²) in [5.41, 5.74) is 6.53. The number of carbonyl (C=O) groups excluding carboxylic acids is 1. The van der Waals surface area contributed by atoms with Gasteiger partial charge in [-0.2, -0.15) is 0 Å². The second-order valence-electron chi connectivity index (χ2n) is 3.32. The summed E-state index contributed by atoms with van der Waals surface area (Å²) in [6, 6.07) is 8.80. The largest absolute Gasteiger partial charge is 0.383 e. The van der Waals surface area contributed by atoms with Crippen molar-refractivity contribution in [1.82, 2.24) is 9.97 Å². The third kappa shape index (κ3) is 2.48. The Morgan fingerprint density at radius 3 is 2.71 bits per heavy atom. The molecular formula is C11H10N4OS. The maximum Gasteiger partial charge on any atom is 0.255 e. The fourth-order valence-electron chi connectivity index (χ4n) is 1.31. The summed E-state index contributed by atoms with van der Waals surface area (Å²) in [5.74, 6) is 0.0130. The van der Waals surface area contributed by atoms with Gasteiger partial charge in [-0.05, 0) is 12.1 Å². The zero-order valence-corrected chi connectivity index (χ0v) is 9.62. The van der Waals surface area contributed by atoms with Crippen LogP contribution in [0.1, 0.15) is 10.4 Å². The predicted molar refractivity (Wildman–Crippen MR) is 68.2 cm³/mol. The third-order valence-corrected chi connectivity index (χ3v) is 2.47. The first kappa shape index (κ1) is 11.3. The lowest BCUT2D eigenvalue weighted by Gasteiger charge is -2.07. The quantitative estimate of drug-likeness (QED) is 0.707. The van der Waals surface area contributed by atoms with Crippen molar-refractivity contribution in [3.63, 3.8) is 0 Å². The molecule has 0 unspecified atom stereocenters. The Kier molecular flexibility index (Phi) is 3.15. The van der Waals surface area contributed by atoms with Crippen LogP contribution < -0.4 is 11.1 Å². The molecule has 2 aromatic rings. The van der Waals surface area contributed by atoms with Crippen LogP contribution in [0.4, 0.5) is 11.5 Å². The average molecular weight is 246 g/mol. The van der Waals surface area contributed by atoms with Crippen LogP contribution in [0.3, 0.4) is 0 Å². The van der Waals surface area contributed by atoms with E-state index < -0.39 is 0 Å². The second kappa shape index (κ2) is 4.75. The molecule has 5 nitrogen and oxygen atoms in total. The summed E-state index contributed by atoms with van der Waals surface area (Å²) >= 11 is 4.98. The number of nitrogens with one attached hydrogen (secondary N) is 2. The molecule has 86 valence electrons. The molecule has 6 heteroatoms. The van der Waals surface area contributed by atoms with Crippen LogP contribution in [0.15, 0.2) is 36.7 Å². The standard InChI is InChI=1S/C11H10N4OS/c12-9-8(11(17)14-6-13-9)15-10(16)7-4-2-1-3-5-7/h1-6H,(H,15,16)(H3,12,13,14,17). The maximum absolute atomic E-state index is 11.9. The normalized spacial score (nSPS) is 9.88. The van der Waals surface area contributed by atoms with Crippen LogP contribution in [0.2, 0.25) is 0 Å². The highest BCUT2D eigenvalue weighted by molar-refractivity contribution is 7.71. The van der Waals surface area contributed by atoms with E-state index in [1.807, 2.05) is 6.07 Å². The number of hydrogen-bond acceptors (Lipinski definition) is 4. The topological polar surface area (TPSA) is 83.8 Å². The summed E-state index contributed by atoms with van der Waals surface area (Å²) < 4.78 is 0.255. The Morgan fingerprint density at radius 1 is 1.35 bits per heavy atom. The van der Waals surface area contributed by atoms with Crippen LogP contribution in [0, 0.1) is 4.64 Å². The van der Waals surface area contributed by atoms with Gasteiger partial charge in [-0.3, -0.25) is 4.79 Å². The predicted octanol–water partition coefficient (Wildman–Crippen LogP) is 1.97. The van der Waals surface area contributed by atoms with Crippen LogP contribution in [0.25, 0.3) is 0 Å². The van der Waals surface area contributed by atoms with Gasteiger partial charge in [0.1, 0.15) is 11.5 Å². The highest BCUT2D eigenvalue weighted by Crippen LogP contribution is 2.16. The molecule has 0 aliphatic carbocycles. The molecule has 1 amide bonds. The number of amides is 1. The minimum atomic E-state index is -0.273. The Balaban J connectivity index is 2.28. The lowest BCUT2D eigenvalue weighted by molar-refractivity contribution is 0.102. The zero-order valence-electron chi connectivity index (χ0n) is 8.81. The molecule has 0 aliphatic rings. The van der Waals surface area contributed by atoms with Gasteiger partial charge in [0, 0.05) is 5.56 Å². The Morgan fingerprint density at radius 2 is 2.06 bits per heavy atom. The molecule has 1 aromatic heterocycles. The number of benzene rings is 1. The van der Waals surface area contributed by atoms with E-state index in [1.165, 1.54) is 6.33 Å². The summed E-state index contributed by atoms with van der Waals surface area (Å²) in [6.07, 6.45) is 1.38. The molecule has 0 aliphatic heterocycles. The summed E-state index contributed by atoms with van der Waals surface area (Å²) in [7, 11) is 0. The van der Waals surface area contributed by atoms with E-state index in [0.717, 1.165) is 0 Å². The van der Waals surface area contributed by atoms with Gasteiger partial charge in [0.2, 0.25) is 0 Å². The van der Waals surface area contributed by atoms with Crippen molar-refractivity contribution in [2.24, 2.45) is 0 Å². The molecule has 1 heterocycles. The lowest BCUT2D eigenvalue weighted by Crippen LogP contribution is -2.14. The van der Waals surface area contributed by atoms with Gasteiger partial charge in [0.15, 0.2) is 4.64 Å². The van der Waals surface area contributed by atoms with Crippen LogP contribution in [-0.4, -0.2) is 15.9 Å². The van der Waals surface area contributed by atoms with Gasteiger partial charge in [-0.25, -0.2) is 4.98 Å². The van der Waals surface area contributed by atoms with E-state index in [9.17, 15) is 4.79 Å². The molecule has 0 atom stereocenters. The third-order valence-electron chi connectivity index (χ3n) is 2.16. The van der Waals surface area contributed by atoms with Crippen molar-refractivity contribution in [1.29, 1.82) is 0 Å². The van der Waals surface area contributed by atoms with Crippen molar-refractivity contribution in [3.8, 4) is 0 Å². The molecule has 0 radical (unpaired) electrons. The monoisotopic (exact) mass is 246 g/mol. The van der Waals surface area contributed by atoms with Gasteiger partial charge >= 0.3 is 0 Å². The second-order valence-corrected chi connectivity index (χ2v) is 3.70. The Hall–Kier alpha value is -2.21. The van der Waals surface area contributed by atoms with Gasteiger partial charge in [0.25, 0.3) is 5.91 Å². The number of carbonyl (C=O) groups is 1. The molecule has 17 heavy (non-hydrogen) atoms. The molecule has 1 aromatic carbocycles. The lowest BCUT2D eigenvalue weighted by atomic mass is 10.2. The number of nitrogen functional groups attached to an aromatic ring is 1. The zero-order chi connectivity index (χ0) is 12.3.